The molecule has 0 spiro atoms. The predicted molar refractivity (Wildman–Crippen MR) is 118 cm³/mol. The fourth-order valence-electron chi connectivity index (χ4n) is 4.05. The molecule has 0 radical (unpaired) electrons. The molecular formula is C23H33N5O2. The van der Waals surface area contributed by atoms with Crippen molar-refractivity contribution in [2.45, 2.75) is 59.9 Å². The monoisotopic (exact) mass is 411 g/mol. The van der Waals surface area contributed by atoms with Gasteiger partial charge in [-0.1, -0.05) is 32.0 Å². The number of para-hydroxylation sites is 1. The molecular weight excluding hydrogens is 378 g/mol. The number of carbonyl (C=O) groups excluding carboxylic acids is 2. The molecule has 0 unspecified atom stereocenters. The van der Waals surface area contributed by atoms with E-state index in [1.165, 1.54) is 5.56 Å². The Morgan fingerprint density at radius 1 is 1.13 bits per heavy atom. The van der Waals surface area contributed by atoms with Crippen LogP contribution in [0.5, 0.6) is 0 Å². The zero-order chi connectivity index (χ0) is 21.7. The highest BCUT2D eigenvalue weighted by molar-refractivity contribution is 5.85. The van der Waals surface area contributed by atoms with Gasteiger partial charge in [-0.25, -0.2) is 0 Å². The van der Waals surface area contributed by atoms with Crippen LogP contribution in [0.4, 0.5) is 5.69 Å². The molecule has 1 aliphatic rings. The van der Waals surface area contributed by atoms with Crippen molar-refractivity contribution in [3.63, 3.8) is 0 Å². The lowest BCUT2D eigenvalue weighted by Crippen LogP contribution is -2.47. The van der Waals surface area contributed by atoms with Gasteiger partial charge in [-0.2, -0.15) is 5.10 Å². The van der Waals surface area contributed by atoms with Gasteiger partial charge in [0, 0.05) is 30.9 Å². The normalized spacial score (nSPS) is 13.3. The molecule has 0 fully saturated rings. The number of benzene rings is 1. The Bertz CT molecular complexity index is 903. The van der Waals surface area contributed by atoms with Crippen molar-refractivity contribution in [3.8, 4) is 0 Å². The van der Waals surface area contributed by atoms with E-state index >= 15 is 0 Å². The molecule has 2 aromatic rings. The number of hydrogen-bond acceptors (Lipinski definition) is 4. The van der Waals surface area contributed by atoms with Crippen LogP contribution in [-0.4, -0.2) is 34.7 Å². The first kappa shape index (κ1) is 21.9. The molecule has 0 bridgehead atoms. The minimum atomic E-state index is -0.211. The minimum absolute atomic E-state index is 0.196. The van der Waals surface area contributed by atoms with Crippen molar-refractivity contribution in [2.24, 2.45) is 5.92 Å². The van der Waals surface area contributed by atoms with Gasteiger partial charge in [0.2, 0.25) is 5.91 Å². The number of carbonyl (C=O) groups is 2. The Labute approximate surface area is 178 Å². The molecule has 2 heterocycles. The highest BCUT2D eigenvalue weighted by Gasteiger charge is 2.19. The van der Waals surface area contributed by atoms with Gasteiger partial charge in [0.05, 0.1) is 12.2 Å². The van der Waals surface area contributed by atoms with Crippen molar-refractivity contribution >= 4 is 17.5 Å². The molecule has 2 N–H and O–H groups in total. The lowest BCUT2D eigenvalue weighted by molar-refractivity contribution is -0.128. The number of amides is 2. The lowest BCUT2D eigenvalue weighted by Gasteiger charge is -2.30. The Balaban J connectivity index is 1.46. The van der Waals surface area contributed by atoms with E-state index in [2.05, 4.69) is 40.8 Å². The maximum Gasteiger partial charge on any atom is 0.257 e. The Morgan fingerprint density at radius 3 is 2.63 bits per heavy atom. The maximum absolute atomic E-state index is 12.3. The molecule has 1 aliphatic heterocycles. The molecule has 7 nitrogen and oxygen atoms in total. The van der Waals surface area contributed by atoms with Crippen LogP contribution >= 0.6 is 0 Å². The van der Waals surface area contributed by atoms with Gasteiger partial charge in [-0.15, -0.1) is 0 Å². The zero-order valence-electron chi connectivity index (χ0n) is 18.5. The van der Waals surface area contributed by atoms with Crippen LogP contribution in [0.15, 0.2) is 24.3 Å². The van der Waals surface area contributed by atoms with E-state index in [-0.39, 0.29) is 18.4 Å². The van der Waals surface area contributed by atoms with Gasteiger partial charge in [0.25, 0.3) is 5.91 Å². The van der Waals surface area contributed by atoms with Gasteiger partial charge in [0.15, 0.2) is 0 Å². The number of rotatable bonds is 7. The van der Waals surface area contributed by atoms with Crippen molar-refractivity contribution in [1.29, 1.82) is 0 Å². The van der Waals surface area contributed by atoms with Crippen LogP contribution in [0.3, 0.4) is 0 Å². The maximum atomic E-state index is 12.3. The van der Waals surface area contributed by atoms with Crippen molar-refractivity contribution < 1.29 is 9.59 Å². The summed E-state index contributed by atoms with van der Waals surface area (Å²) in [6, 6.07) is 8.17. The van der Waals surface area contributed by atoms with E-state index in [4.69, 9.17) is 0 Å². The highest BCUT2D eigenvalue weighted by Crippen LogP contribution is 2.26. The van der Waals surface area contributed by atoms with Crippen molar-refractivity contribution in [2.75, 3.05) is 18.0 Å². The second-order valence-electron chi connectivity index (χ2n) is 8.48. The van der Waals surface area contributed by atoms with Crippen LogP contribution in [-0.2, 0) is 29.0 Å². The summed E-state index contributed by atoms with van der Waals surface area (Å²) >= 11 is 0. The third kappa shape index (κ3) is 5.40. The number of anilines is 1. The number of fused-ring (bicyclic) bond motifs is 1. The lowest BCUT2D eigenvalue weighted by atomic mass is 10.0. The third-order valence-corrected chi connectivity index (χ3v) is 5.55. The number of nitrogens with zero attached hydrogens (tertiary/aromatic N) is 3. The molecule has 0 saturated carbocycles. The van der Waals surface area contributed by atoms with Crippen molar-refractivity contribution in [3.05, 3.63) is 46.8 Å². The Hall–Kier alpha value is -2.83. The second kappa shape index (κ2) is 9.78. The molecule has 1 aromatic heterocycles. The van der Waals surface area contributed by atoms with Crippen LogP contribution in [0, 0.1) is 19.8 Å². The molecule has 162 valence electrons. The third-order valence-electron chi connectivity index (χ3n) is 5.55. The summed E-state index contributed by atoms with van der Waals surface area (Å²) in [4.78, 5) is 26.7. The summed E-state index contributed by atoms with van der Waals surface area (Å²) in [6.07, 6.45) is 2.98. The molecule has 1 aromatic carbocycles. The number of nitrogens with one attached hydrogen (secondary N) is 2. The van der Waals surface area contributed by atoms with Gasteiger partial charge < -0.3 is 4.90 Å². The van der Waals surface area contributed by atoms with Crippen LogP contribution < -0.4 is 15.8 Å². The standard InChI is InChI=1S/C23H33N5O2/c1-16(2)14-28-18(4)20(17(3)26-28)11-12-22(29)24-25-23(30)15-27-13-7-9-19-8-5-6-10-21(19)27/h5-6,8,10,16H,7,9,11-15H2,1-4H3,(H,24,29)(H,25,30). The largest absolute Gasteiger partial charge is 0.362 e. The molecule has 30 heavy (non-hydrogen) atoms. The summed E-state index contributed by atoms with van der Waals surface area (Å²) in [6.45, 7) is 10.3. The first-order valence-electron chi connectivity index (χ1n) is 10.8. The van der Waals surface area contributed by atoms with Gasteiger partial charge in [0.1, 0.15) is 0 Å². The van der Waals surface area contributed by atoms with Crippen LogP contribution in [0.2, 0.25) is 0 Å². The summed E-state index contributed by atoms with van der Waals surface area (Å²) in [7, 11) is 0. The fourth-order valence-corrected chi connectivity index (χ4v) is 4.05. The highest BCUT2D eigenvalue weighted by atomic mass is 16.2. The van der Waals surface area contributed by atoms with E-state index < -0.39 is 0 Å². The summed E-state index contributed by atoms with van der Waals surface area (Å²) in [5, 5.41) is 4.60. The first-order chi connectivity index (χ1) is 14.3. The second-order valence-corrected chi connectivity index (χ2v) is 8.48. The SMILES string of the molecule is Cc1nn(CC(C)C)c(C)c1CCC(=O)NNC(=O)CN1CCCc2ccccc21. The number of hydrogen-bond donors (Lipinski definition) is 2. The van der Waals surface area contributed by atoms with E-state index in [0.29, 0.717) is 18.8 Å². The zero-order valence-corrected chi connectivity index (χ0v) is 18.5. The first-order valence-corrected chi connectivity index (χ1v) is 10.8. The van der Waals surface area contributed by atoms with Gasteiger partial charge in [-0.3, -0.25) is 25.1 Å². The molecule has 0 atom stereocenters. The molecule has 3 rings (SSSR count). The van der Waals surface area contributed by atoms with E-state index in [1.54, 1.807) is 0 Å². The summed E-state index contributed by atoms with van der Waals surface area (Å²) in [5.41, 5.74) is 10.7. The minimum Gasteiger partial charge on any atom is -0.362 e. The fraction of sp³-hybridized carbons (Fsp3) is 0.522. The van der Waals surface area contributed by atoms with E-state index in [0.717, 1.165) is 48.6 Å². The Kier molecular flexibility index (Phi) is 7.13. The Morgan fingerprint density at radius 2 is 1.87 bits per heavy atom. The number of aryl methyl sites for hydroxylation is 2. The predicted octanol–water partition coefficient (Wildman–Crippen LogP) is 2.69. The molecule has 0 saturated heterocycles. The molecule has 2 amide bonds. The molecule has 0 aliphatic carbocycles. The topological polar surface area (TPSA) is 79.3 Å². The quantitative estimate of drug-likeness (QED) is 0.687. The van der Waals surface area contributed by atoms with Gasteiger partial charge >= 0.3 is 0 Å². The van der Waals surface area contributed by atoms with Crippen molar-refractivity contribution in [1.82, 2.24) is 20.6 Å². The number of hydrazine groups is 1. The van der Waals surface area contributed by atoms with E-state index in [1.807, 2.05) is 36.7 Å². The van der Waals surface area contributed by atoms with Gasteiger partial charge in [-0.05, 0) is 56.2 Å². The summed E-state index contributed by atoms with van der Waals surface area (Å²) in [5.74, 6) is 0.108. The summed E-state index contributed by atoms with van der Waals surface area (Å²) < 4.78 is 2.02. The average molecular weight is 412 g/mol. The van der Waals surface area contributed by atoms with E-state index in [9.17, 15) is 9.59 Å². The average Bonchev–Trinajstić information content (AvgIpc) is 2.97. The van der Waals surface area contributed by atoms with Crippen LogP contribution in [0.1, 0.15) is 49.2 Å². The van der Waals surface area contributed by atoms with Crippen LogP contribution in [0.25, 0.3) is 0 Å². The molecule has 7 heteroatoms. The smallest absolute Gasteiger partial charge is 0.257 e. The number of aromatic nitrogens is 2.